The van der Waals surface area contributed by atoms with Crippen LogP contribution >= 0.6 is 12.4 Å². The van der Waals surface area contributed by atoms with E-state index in [-0.39, 0.29) is 18.3 Å². The zero-order valence-corrected chi connectivity index (χ0v) is 12.1. The third-order valence-corrected chi connectivity index (χ3v) is 3.28. The van der Waals surface area contributed by atoms with E-state index in [4.69, 9.17) is 0 Å². The zero-order chi connectivity index (χ0) is 12.8. The third-order valence-electron chi connectivity index (χ3n) is 3.28. The number of nitrogens with one attached hydrogen (secondary N) is 2. The number of aryl methyl sites for hydroxylation is 1. The Morgan fingerprint density at radius 2 is 2.16 bits per heavy atom. The predicted octanol–water partition coefficient (Wildman–Crippen LogP) is 2.32. The van der Waals surface area contributed by atoms with Gasteiger partial charge < -0.3 is 10.6 Å². The molecule has 0 aromatic heterocycles. The molecule has 1 heterocycles. The smallest absolute Gasteiger partial charge is 0.251 e. The first-order valence-corrected chi connectivity index (χ1v) is 6.56. The lowest BCUT2D eigenvalue weighted by Gasteiger charge is -2.15. The topological polar surface area (TPSA) is 41.1 Å². The number of carbonyl (C=O) groups excluding carboxylic acids is 1. The van der Waals surface area contributed by atoms with E-state index in [9.17, 15) is 4.79 Å². The highest BCUT2D eigenvalue weighted by atomic mass is 35.5. The summed E-state index contributed by atoms with van der Waals surface area (Å²) in [7, 11) is 0. The Morgan fingerprint density at radius 3 is 2.84 bits per heavy atom. The molecule has 1 aromatic carbocycles. The van der Waals surface area contributed by atoms with Gasteiger partial charge >= 0.3 is 0 Å². The van der Waals surface area contributed by atoms with Crippen LogP contribution in [0.4, 0.5) is 0 Å². The molecule has 0 spiro atoms. The van der Waals surface area contributed by atoms with Gasteiger partial charge in [0.25, 0.3) is 5.91 Å². The van der Waals surface area contributed by atoms with Crippen LogP contribution in [0.1, 0.15) is 29.3 Å². The molecular weight excluding hydrogens is 260 g/mol. The fraction of sp³-hybridized carbons (Fsp3) is 0.400. The molecule has 2 rings (SSSR count). The molecule has 3 nitrogen and oxygen atoms in total. The summed E-state index contributed by atoms with van der Waals surface area (Å²) in [4.78, 5) is 12.1. The molecule has 0 saturated heterocycles. The van der Waals surface area contributed by atoms with E-state index in [1.165, 1.54) is 5.57 Å². The van der Waals surface area contributed by atoms with E-state index in [0.717, 1.165) is 37.1 Å². The highest BCUT2D eigenvalue weighted by molar-refractivity contribution is 5.95. The molecule has 0 fully saturated rings. The monoisotopic (exact) mass is 280 g/mol. The second-order valence-electron chi connectivity index (χ2n) is 4.51. The normalized spacial score (nSPS) is 14.3. The molecule has 0 saturated carbocycles. The summed E-state index contributed by atoms with van der Waals surface area (Å²) in [6.45, 7) is 4.66. The standard InChI is InChI=1S/C15H20N2O.ClH/c1-2-13-5-3-4-6-14(13)15(18)17-11-12-7-9-16-10-8-12;/h3-7,16H,2,8-11H2,1H3,(H,17,18);1H. The average Bonchev–Trinajstić information content (AvgIpc) is 2.45. The Hall–Kier alpha value is -1.32. The van der Waals surface area contributed by atoms with Gasteiger partial charge in [-0.2, -0.15) is 0 Å². The van der Waals surface area contributed by atoms with Gasteiger partial charge in [-0.05, 0) is 31.0 Å². The molecule has 104 valence electrons. The molecule has 0 unspecified atom stereocenters. The van der Waals surface area contributed by atoms with Gasteiger partial charge in [-0.1, -0.05) is 36.8 Å². The molecule has 4 heteroatoms. The van der Waals surface area contributed by atoms with Gasteiger partial charge in [-0.3, -0.25) is 4.79 Å². The van der Waals surface area contributed by atoms with Crippen molar-refractivity contribution in [2.75, 3.05) is 19.6 Å². The van der Waals surface area contributed by atoms with Crippen LogP contribution in [0.25, 0.3) is 0 Å². The number of rotatable bonds is 4. The highest BCUT2D eigenvalue weighted by Crippen LogP contribution is 2.10. The first-order valence-electron chi connectivity index (χ1n) is 6.56. The second kappa shape index (κ2) is 7.97. The Kier molecular flexibility index (Phi) is 6.60. The Balaban J connectivity index is 0.00000180. The summed E-state index contributed by atoms with van der Waals surface area (Å²) in [5.74, 6) is 0.0342. The molecule has 1 aliphatic rings. The van der Waals surface area contributed by atoms with E-state index in [0.29, 0.717) is 6.54 Å². The van der Waals surface area contributed by atoms with Crippen LogP contribution in [0.15, 0.2) is 35.9 Å². The summed E-state index contributed by atoms with van der Waals surface area (Å²) in [6.07, 6.45) is 4.07. The van der Waals surface area contributed by atoms with Gasteiger partial charge in [0, 0.05) is 18.7 Å². The minimum Gasteiger partial charge on any atom is -0.348 e. The van der Waals surface area contributed by atoms with Crippen molar-refractivity contribution >= 4 is 18.3 Å². The Labute approximate surface area is 120 Å². The third kappa shape index (κ3) is 4.37. The maximum Gasteiger partial charge on any atom is 0.251 e. The number of halogens is 1. The molecule has 0 aliphatic carbocycles. The maximum absolute atomic E-state index is 12.1. The van der Waals surface area contributed by atoms with Crippen LogP contribution in [0.3, 0.4) is 0 Å². The highest BCUT2D eigenvalue weighted by Gasteiger charge is 2.10. The summed E-state index contributed by atoms with van der Waals surface area (Å²) >= 11 is 0. The lowest BCUT2D eigenvalue weighted by Crippen LogP contribution is -2.30. The minimum atomic E-state index is 0. The molecule has 2 N–H and O–H groups in total. The van der Waals surface area contributed by atoms with Crippen molar-refractivity contribution < 1.29 is 4.79 Å². The van der Waals surface area contributed by atoms with Crippen LogP contribution in [-0.2, 0) is 6.42 Å². The fourth-order valence-corrected chi connectivity index (χ4v) is 2.17. The number of hydrogen-bond donors (Lipinski definition) is 2. The Morgan fingerprint density at radius 1 is 1.37 bits per heavy atom. The first-order chi connectivity index (χ1) is 8.81. The summed E-state index contributed by atoms with van der Waals surface area (Å²) < 4.78 is 0. The maximum atomic E-state index is 12.1. The summed E-state index contributed by atoms with van der Waals surface area (Å²) in [5, 5.41) is 6.27. The lowest BCUT2D eigenvalue weighted by molar-refractivity contribution is 0.0955. The largest absolute Gasteiger partial charge is 0.348 e. The van der Waals surface area contributed by atoms with Gasteiger partial charge in [0.1, 0.15) is 0 Å². The molecule has 1 aliphatic heterocycles. The number of amides is 1. The van der Waals surface area contributed by atoms with Gasteiger partial charge in [-0.15, -0.1) is 12.4 Å². The number of hydrogen-bond acceptors (Lipinski definition) is 2. The van der Waals surface area contributed by atoms with Crippen LogP contribution in [0, 0.1) is 0 Å². The van der Waals surface area contributed by atoms with Crippen molar-refractivity contribution in [3.63, 3.8) is 0 Å². The average molecular weight is 281 g/mol. The van der Waals surface area contributed by atoms with Crippen molar-refractivity contribution in [3.05, 3.63) is 47.0 Å². The van der Waals surface area contributed by atoms with Crippen molar-refractivity contribution in [1.82, 2.24) is 10.6 Å². The predicted molar refractivity (Wildman–Crippen MR) is 81.0 cm³/mol. The van der Waals surface area contributed by atoms with E-state index in [1.807, 2.05) is 24.3 Å². The van der Waals surface area contributed by atoms with Gasteiger partial charge in [0.2, 0.25) is 0 Å². The number of carbonyl (C=O) groups is 1. The van der Waals surface area contributed by atoms with Crippen LogP contribution < -0.4 is 10.6 Å². The Bertz CT molecular complexity index is 457. The molecule has 0 radical (unpaired) electrons. The van der Waals surface area contributed by atoms with E-state index in [2.05, 4.69) is 23.6 Å². The van der Waals surface area contributed by atoms with Gasteiger partial charge in [-0.25, -0.2) is 0 Å². The molecular formula is C15H21ClN2O. The summed E-state index contributed by atoms with van der Waals surface area (Å²) in [6, 6.07) is 7.80. The SMILES string of the molecule is CCc1ccccc1C(=O)NCC1=CCNCC1.Cl. The van der Waals surface area contributed by atoms with Crippen LogP contribution in [0.2, 0.25) is 0 Å². The van der Waals surface area contributed by atoms with Crippen LogP contribution in [0.5, 0.6) is 0 Å². The van der Waals surface area contributed by atoms with Crippen molar-refractivity contribution in [3.8, 4) is 0 Å². The fourth-order valence-electron chi connectivity index (χ4n) is 2.17. The molecule has 19 heavy (non-hydrogen) atoms. The van der Waals surface area contributed by atoms with Crippen LogP contribution in [-0.4, -0.2) is 25.5 Å². The zero-order valence-electron chi connectivity index (χ0n) is 11.2. The van der Waals surface area contributed by atoms with E-state index >= 15 is 0 Å². The van der Waals surface area contributed by atoms with Crippen molar-refractivity contribution in [2.24, 2.45) is 0 Å². The lowest BCUT2D eigenvalue weighted by atomic mass is 10.0. The molecule has 1 aromatic rings. The van der Waals surface area contributed by atoms with E-state index < -0.39 is 0 Å². The number of benzene rings is 1. The second-order valence-corrected chi connectivity index (χ2v) is 4.51. The molecule has 0 atom stereocenters. The van der Waals surface area contributed by atoms with Gasteiger partial charge in [0.05, 0.1) is 0 Å². The molecule has 1 amide bonds. The molecule has 0 bridgehead atoms. The van der Waals surface area contributed by atoms with Crippen molar-refractivity contribution in [1.29, 1.82) is 0 Å². The summed E-state index contributed by atoms with van der Waals surface area (Å²) in [5.41, 5.74) is 3.22. The first kappa shape index (κ1) is 15.7. The van der Waals surface area contributed by atoms with Crippen molar-refractivity contribution in [2.45, 2.75) is 19.8 Å². The quantitative estimate of drug-likeness (QED) is 0.831. The minimum absolute atomic E-state index is 0. The van der Waals surface area contributed by atoms with Gasteiger partial charge in [0.15, 0.2) is 0 Å². The van der Waals surface area contributed by atoms with E-state index in [1.54, 1.807) is 0 Å².